The summed E-state index contributed by atoms with van der Waals surface area (Å²) in [7, 11) is 1.80. The zero-order valence-corrected chi connectivity index (χ0v) is 19.0. The molecule has 2 aliphatic carbocycles. The van der Waals surface area contributed by atoms with Crippen LogP contribution in [-0.2, 0) is 4.74 Å². The van der Waals surface area contributed by atoms with Crippen molar-refractivity contribution in [2.24, 2.45) is 16.3 Å². The van der Waals surface area contributed by atoms with Crippen LogP contribution in [0.25, 0.3) is 0 Å². The average molecular weight is 518 g/mol. The summed E-state index contributed by atoms with van der Waals surface area (Å²) < 4.78 is 33.3. The first-order valence-electron chi connectivity index (χ1n) is 10.4. The summed E-state index contributed by atoms with van der Waals surface area (Å²) in [6.45, 7) is 2.29. The molecular formula is C21H29F2IN4O. The molecule has 5 rings (SSSR count). The lowest BCUT2D eigenvalue weighted by molar-refractivity contribution is -0.171. The van der Waals surface area contributed by atoms with E-state index >= 15 is 0 Å². The van der Waals surface area contributed by atoms with Gasteiger partial charge < -0.3 is 20.3 Å². The second-order valence-corrected chi connectivity index (χ2v) is 8.70. The molecule has 1 aromatic rings. The minimum atomic E-state index is -0.542. The molecule has 2 heterocycles. The molecular weight excluding hydrogens is 489 g/mol. The average Bonchev–Trinajstić information content (AvgIpc) is 3.25. The van der Waals surface area contributed by atoms with E-state index in [1.807, 2.05) is 4.90 Å². The summed E-state index contributed by atoms with van der Waals surface area (Å²) in [5.41, 5.74) is 0.768. The molecule has 0 bridgehead atoms. The van der Waals surface area contributed by atoms with Crippen molar-refractivity contribution in [3.05, 3.63) is 29.8 Å². The van der Waals surface area contributed by atoms with Crippen LogP contribution in [0.3, 0.4) is 0 Å². The quantitative estimate of drug-likeness (QED) is 0.367. The minimum Gasteiger partial charge on any atom is -0.377 e. The molecule has 1 aromatic carbocycles. The molecule has 0 aromatic heterocycles. The number of aliphatic imine (C=N–C) groups is 1. The molecule has 0 radical (unpaired) electrons. The molecule has 2 saturated heterocycles. The summed E-state index contributed by atoms with van der Waals surface area (Å²) >= 11 is 0. The van der Waals surface area contributed by atoms with Crippen LogP contribution >= 0.6 is 24.0 Å². The number of guanidine groups is 1. The molecule has 0 amide bonds. The first-order chi connectivity index (χ1) is 13.6. The number of rotatable bonds is 3. The Bertz CT molecular complexity index is 788. The van der Waals surface area contributed by atoms with Crippen molar-refractivity contribution >= 4 is 35.6 Å². The highest BCUT2D eigenvalue weighted by atomic mass is 127. The Kier molecular flexibility index (Phi) is 5.94. The largest absolute Gasteiger partial charge is 0.377 e. The van der Waals surface area contributed by atoms with E-state index in [4.69, 9.17) is 4.74 Å². The third kappa shape index (κ3) is 3.49. The summed E-state index contributed by atoms with van der Waals surface area (Å²) in [4.78, 5) is 6.42. The summed E-state index contributed by atoms with van der Waals surface area (Å²) in [6, 6.07) is 4.41. The number of nitrogens with zero attached hydrogens (tertiary/aromatic N) is 2. The summed E-state index contributed by atoms with van der Waals surface area (Å²) in [5.74, 6) is 0.372. The van der Waals surface area contributed by atoms with Gasteiger partial charge in [-0.3, -0.25) is 4.99 Å². The van der Waals surface area contributed by atoms with Crippen molar-refractivity contribution < 1.29 is 13.5 Å². The number of hydrogen-bond acceptors (Lipinski definition) is 3. The first-order valence-corrected chi connectivity index (χ1v) is 10.4. The van der Waals surface area contributed by atoms with Crippen LogP contribution in [0.1, 0.15) is 32.1 Å². The van der Waals surface area contributed by atoms with Gasteiger partial charge in [-0.25, -0.2) is 8.78 Å². The molecule has 29 heavy (non-hydrogen) atoms. The fourth-order valence-electron chi connectivity index (χ4n) is 5.80. The molecule has 4 aliphatic rings. The molecule has 160 valence electrons. The third-order valence-corrected chi connectivity index (χ3v) is 7.33. The lowest BCUT2D eigenvalue weighted by atomic mass is 9.46. The molecule has 4 unspecified atom stereocenters. The Morgan fingerprint density at radius 2 is 2.07 bits per heavy atom. The predicted molar refractivity (Wildman–Crippen MR) is 120 cm³/mol. The van der Waals surface area contributed by atoms with Gasteiger partial charge in [0.25, 0.3) is 0 Å². The Morgan fingerprint density at radius 1 is 1.24 bits per heavy atom. The van der Waals surface area contributed by atoms with Gasteiger partial charge in [0.05, 0.1) is 11.8 Å². The van der Waals surface area contributed by atoms with Crippen molar-refractivity contribution in [3.8, 4) is 0 Å². The van der Waals surface area contributed by atoms with Crippen LogP contribution in [0, 0.1) is 23.0 Å². The Hall–Kier alpha value is -1.16. The van der Waals surface area contributed by atoms with Crippen molar-refractivity contribution in [1.29, 1.82) is 0 Å². The number of ether oxygens (including phenoxy) is 1. The Balaban J connectivity index is 0.00000205. The molecule has 2 aliphatic heterocycles. The highest BCUT2D eigenvalue weighted by molar-refractivity contribution is 14.0. The van der Waals surface area contributed by atoms with Crippen molar-refractivity contribution in [2.75, 3.05) is 31.6 Å². The standard InChI is InChI=1S/C21H28F2N4O.HI/c1-24-20(26-18-15-6-10-28-19(15)21(18)7-2-8-21)25-14-5-9-27(12-14)17-4-3-13(22)11-16(17)23;/h3-4,11,14-15,18-19H,2,5-10,12H2,1H3,(H2,24,25,26);1H. The minimum absolute atomic E-state index is 0. The monoisotopic (exact) mass is 518 g/mol. The van der Waals surface area contributed by atoms with E-state index in [1.165, 1.54) is 31.4 Å². The van der Waals surface area contributed by atoms with E-state index < -0.39 is 11.6 Å². The van der Waals surface area contributed by atoms with Crippen molar-refractivity contribution in [2.45, 2.75) is 50.3 Å². The Labute approximate surface area is 187 Å². The van der Waals surface area contributed by atoms with Gasteiger partial charge in [-0.15, -0.1) is 24.0 Å². The lowest BCUT2D eigenvalue weighted by Gasteiger charge is -2.63. The van der Waals surface area contributed by atoms with Crippen LogP contribution in [0.15, 0.2) is 23.2 Å². The van der Waals surface area contributed by atoms with E-state index in [1.54, 1.807) is 7.05 Å². The fourth-order valence-corrected chi connectivity index (χ4v) is 5.80. The maximum absolute atomic E-state index is 14.1. The second kappa shape index (κ2) is 8.17. The number of nitrogens with one attached hydrogen (secondary N) is 2. The lowest BCUT2D eigenvalue weighted by Crippen LogP contribution is -2.72. The predicted octanol–water partition coefficient (Wildman–Crippen LogP) is 3.28. The number of halogens is 3. The van der Waals surface area contributed by atoms with Gasteiger partial charge >= 0.3 is 0 Å². The van der Waals surface area contributed by atoms with E-state index in [0.717, 1.165) is 38.0 Å². The van der Waals surface area contributed by atoms with Crippen LogP contribution in [0.4, 0.5) is 14.5 Å². The first kappa shape index (κ1) is 21.1. The van der Waals surface area contributed by atoms with E-state index in [2.05, 4.69) is 15.6 Å². The highest BCUT2D eigenvalue weighted by Crippen LogP contribution is 2.62. The fraction of sp³-hybridized carbons (Fsp3) is 0.667. The number of fused-ring (bicyclic) bond motifs is 2. The van der Waals surface area contributed by atoms with Gasteiger partial charge in [-0.2, -0.15) is 0 Å². The zero-order chi connectivity index (χ0) is 19.3. The molecule has 1 spiro atoms. The molecule has 8 heteroatoms. The van der Waals surface area contributed by atoms with E-state index in [9.17, 15) is 8.78 Å². The topological polar surface area (TPSA) is 48.9 Å². The summed E-state index contributed by atoms with van der Waals surface area (Å²) in [5, 5.41) is 7.21. The maximum atomic E-state index is 14.1. The summed E-state index contributed by atoms with van der Waals surface area (Å²) in [6.07, 6.45) is 6.22. The molecule has 2 N–H and O–H groups in total. The molecule has 4 atom stereocenters. The number of hydrogen-bond donors (Lipinski definition) is 2. The van der Waals surface area contributed by atoms with Gasteiger partial charge in [-0.1, -0.05) is 6.42 Å². The van der Waals surface area contributed by atoms with E-state index in [0.29, 0.717) is 35.7 Å². The van der Waals surface area contributed by atoms with Gasteiger partial charge in [-0.05, 0) is 37.8 Å². The maximum Gasteiger partial charge on any atom is 0.191 e. The van der Waals surface area contributed by atoms with Crippen LogP contribution < -0.4 is 15.5 Å². The van der Waals surface area contributed by atoms with Crippen LogP contribution in [0.2, 0.25) is 0 Å². The molecule has 4 fully saturated rings. The van der Waals surface area contributed by atoms with Gasteiger partial charge in [0.2, 0.25) is 0 Å². The van der Waals surface area contributed by atoms with Gasteiger partial charge in [0.1, 0.15) is 11.6 Å². The second-order valence-electron chi connectivity index (χ2n) is 8.70. The van der Waals surface area contributed by atoms with Crippen molar-refractivity contribution in [3.63, 3.8) is 0 Å². The normalized spacial score (nSPS) is 32.2. The van der Waals surface area contributed by atoms with Gasteiger partial charge in [0.15, 0.2) is 5.96 Å². The van der Waals surface area contributed by atoms with Crippen molar-refractivity contribution in [1.82, 2.24) is 10.6 Å². The number of anilines is 1. The van der Waals surface area contributed by atoms with Crippen LogP contribution in [0.5, 0.6) is 0 Å². The van der Waals surface area contributed by atoms with Gasteiger partial charge in [0, 0.05) is 56.2 Å². The highest BCUT2D eigenvalue weighted by Gasteiger charge is 2.66. The van der Waals surface area contributed by atoms with E-state index in [-0.39, 0.29) is 30.0 Å². The number of benzene rings is 1. The van der Waals surface area contributed by atoms with Crippen LogP contribution in [-0.4, -0.2) is 50.9 Å². The smallest absolute Gasteiger partial charge is 0.191 e. The Morgan fingerprint density at radius 3 is 2.76 bits per heavy atom. The SMILES string of the molecule is CN=C(NC1CCN(c2ccc(F)cc2F)C1)NC1C2CCOC2C12CCC2.I. The molecule has 2 saturated carbocycles. The third-order valence-electron chi connectivity index (χ3n) is 7.33. The molecule has 5 nitrogen and oxygen atoms in total. The zero-order valence-electron chi connectivity index (χ0n) is 16.7.